The molecule has 0 atom stereocenters. The highest BCUT2D eigenvalue weighted by atomic mass is 32.1. The van der Waals surface area contributed by atoms with E-state index in [1.165, 1.54) is 7.11 Å². The normalized spacial score (nSPS) is 17.6. The molecule has 0 spiro atoms. The molecule has 5 heteroatoms. The van der Waals surface area contributed by atoms with Crippen molar-refractivity contribution in [3.05, 3.63) is 15.6 Å². The molecule has 0 unspecified atom stereocenters. The van der Waals surface area contributed by atoms with Gasteiger partial charge in [0.2, 0.25) is 0 Å². The van der Waals surface area contributed by atoms with E-state index >= 15 is 0 Å². The van der Waals surface area contributed by atoms with Gasteiger partial charge >= 0.3 is 5.97 Å². The minimum absolute atomic E-state index is 0.210. The van der Waals surface area contributed by atoms with Crippen LogP contribution < -0.4 is 0 Å². The minimum Gasteiger partial charge on any atom is -0.468 e. The summed E-state index contributed by atoms with van der Waals surface area (Å²) in [6.07, 6.45) is 2.03. The molecule has 94 valence electrons. The molecule has 0 N–H and O–H groups in total. The van der Waals surface area contributed by atoms with Gasteiger partial charge in [0, 0.05) is 4.88 Å². The average Bonchev–Trinajstić information content (AvgIpc) is 2.59. The van der Waals surface area contributed by atoms with Gasteiger partial charge in [0.15, 0.2) is 5.41 Å². The third kappa shape index (κ3) is 1.98. The molecule has 0 radical (unpaired) electrons. The highest BCUT2D eigenvalue weighted by molar-refractivity contribution is 7.12. The Kier molecular flexibility index (Phi) is 3.49. The third-order valence-electron chi connectivity index (χ3n) is 3.01. The molecule has 0 saturated carbocycles. The third-order valence-corrected chi connectivity index (χ3v) is 4.43. The van der Waals surface area contributed by atoms with Crippen molar-refractivity contribution in [2.24, 2.45) is 0 Å². The zero-order chi connectivity index (χ0) is 12.5. The van der Waals surface area contributed by atoms with Crippen LogP contribution in [0.15, 0.2) is 0 Å². The number of carbonyl (C=O) groups excluding carboxylic acids is 1. The minimum atomic E-state index is -0.595. The molecule has 0 amide bonds. The van der Waals surface area contributed by atoms with Crippen LogP contribution in [0.1, 0.15) is 28.9 Å². The summed E-state index contributed by atoms with van der Waals surface area (Å²) in [5.41, 5.74) is 0.342. The van der Waals surface area contributed by atoms with Crippen molar-refractivity contribution in [3.8, 4) is 0 Å². The van der Waals surface area contributed by atoms with Gasteiger partial charge in [0.25, 0.3) is 0 Å². The highest BCUT2D eigenvalue weighted by Gasteiger charge is 2.51. The first-order valence-corrected chi connectivity index (χ1v) is 6.58. The molecule has 1 aromatic rings. The fourth-order valence-corrected chi connectivity index (χ4v) is 3.37. The molecule has 0 aliphatic carbocycles. The second-order valence-electron chi connectivity index (χ2n) is 4.34. The molecule has 1 aliphatic rings. The van der Waals surface area contributed by atoms with E-state index in [0.29, 0.717) is 13.2 Å². The summed E-state index contributed by atoms with van der Waals surface area (Å²) in [6, 6.07) is 0. The van der Waals surface area contributed by atoms with Crippen LogP contribution in [0, 0.1) is 6.92 Å². The van der Waals surface area contributed by atoms with Crippen molar-refractivity contribution >= 4 is 17.3 Å². The zero-order valence-electron chi connectivity index (χ0n) is 10.4. The van der Waals surface area contributed by atoms with Crippen LogP contribution >= 0.6 is 11.3 Å². The maximum atomic E-state index is 11.9. The smallest absolute Gasteiger partial charge is 0.321 e. The largest absolute Gasteiger partial charge is 0.468 e. The number of esters is 1. The Labute approximate surface area is 105 Å². The Bertz CT molecular complexity index is 423. The van der Waals surface area contributed by atoms with E-state index < -0.39 is 5.41 Å². The summed E-state index contributed by atoms with van der Waals surface area (Å²) >= 11 is 1.62. The van der Waals surface area contributed by atoms with E-state index in [1.807, 2.05) is 6.92 Å². The van der Waals surface area contributed by atoms with Gasteiger partial charge in [0.1, 0.15) is 0 Å². The summed E-state index contributed by atoms with van der Waals surface area (Å²) < 4.78 is 10.1. The molecule has 17 heavy (non-hydrogen) atoms. The Hall–Kier alpha value is -0.940. The second kappa shape index (κ2) is 4.74. The first kappa shape index (κ1) is 12.5. The van der Waals surface area contributed by atoms with E-state index in [4.69, 9.17) is 9.47 Å². The van der Waals surface area contributed by atoms with E-state index in [9.17, 15) is 4.79 Å². The summed E-state index contributed by atoms with van der Waals surface area (Å²) in [4.78, 5) is 17.4. The van der Waals surface area contributed by atoms with Gasteiger partial charge < -0.3 is 9.47 Å². The lowest BCUT2D eigenvalue weighted by Gasteiger charge is -2.37. The van der Waals surface area contributed by atoms with Crippen LogP contribution in [-0.2, 0) is 26.1 Å². The number of carbonyl (C=O) groups is 1. The predicted octanol–water partition coefficient (Wildman–Crippen LogP) is 1.85. The molecule has 2 heterocycles. The number of thiazole rings is 1. The quantitative estimate of drug-likeness (QED) is 0.770. The summed E-state index contributed by atoms with van der Waals surface area (Å²) in [6.45, 7) is 4.90. The first-order valence-electron chi connectivity index (χ1n) is 5.77. The maximum absolute atomic E-state index is 11.9. The number of aryl methyl sites for hydroxylation is 2. The van der Waals surface area contributed by atoms with Gasteiger partial charge in [0.05, 0.1) is 31.0 Å². The molecule has 1 aromatic heterocycles. The number of nitrogens with zero attached hydrogens (tertiary/aromatic N) is 1. The second-order valence-corrected chi connectivity index (χ2v) is 5.42. The van der Waals surface area contributed by atoms with Crippen molar-refractivity contribution in [3.63, 3.8) is 0 Å². The lowest BCUT2D eigenvalue weighted by Crippen LogP contribution is -2.53. The maximum Gasteiger partial charge on any atom is 0.321 e. The zero-order valence-corrected chi connectivity index (χ0v) is 11.2. The van der Waals surface area contributed by atoms with Crippen molar-refractivity contribution in [1.82, 2.24) is 4.98 Å². The van der Waals surface area contributed by atoms with E-state index in [2.05, 4.69) is 11.9 Å². The summed E-state index contributed by atoms with van der Waals surface area (Å²) in [7, 11) is 1.42. The Morgan fingerprint density at radius 3 is 2.76 bits per heavy atom. The number of ether oxygens (including phenoxy) is 2. The van der Waals surface area contributed by atoms with Gasteiger partial charge in [-0.05, 0) is 19.8 Å². The summed E-state index contributed by atoms with van der Waals surface area (Å²) in [5, 5.41) is 1.09. The number of hydrogen-bond donors (Lipinski definition) is 0. The Morgan fingerprint density at radius 2 is 2.29 bits per heavy atom. The van der Waals surface area contributed by atoms with Gasteiger partial charge in [-0.1, -0.05) is 6.92 Å². The van der Waals surface area contributed by atoms with E-state index in [0.717, 1.165) is 28.4 Å². The molecule has 1 aliphatic heterocycles. The van der Waals surface area contributed by atoms with E-state index in [-0.39, 0.29) is 5.97 Å². The Balaban J connectivity index is 2.34. The fourth-order valence-electron chi connectivity index (χ4n) is 2.06. The highest BCUT2D eigenvalue weighted by Crippen LogP contribution is 2.39. The van der Waals surface area contributed by atoms with Crippen molar-refractivity contribution in [2.45, 2.75) is 32.1 Å². The number of aromatic nitrogens is 1. The van der Waals surface area contributed by atoms with Crippen LogP contribution in [-0.4, -0.2) is 31.3 Å². The van der Waals surface area contributed by atoms with Crippen LogP contribution in [0.2, 0.25) is 0 Å². The van der Waals surface area contributed by atoms with Crippen LogP contribution in [0.5, 0.6) is 0 Å². The average molecular weight is 255 g/mol. The summed E-state index contributed by atoms with van der Waals surface area (Å²) in [5.74, 6) is -0.210. The molecule has 0 bridgehead atoms. The SMILES string of the molecule is CCCc1nc(C)c(C2(C(=O)OC)COC2)s1. The number of hydrogen-bond acceptors (Lipinski definition) is 5. The standard InChI is InChI=1S/C12H17NO3S/c1-4-5-9-13-8(2)10(17-9)12(6-16-7-12)11(14)15-3/h4-7H2,1-3H3. The van der Waals surface area contributed by atoms with Gasteiger partial charge in [-0.3, -0.25) is 4.79 Å². The van der Waals surface area contributed by atoms with Crippen LogP contribution in [0.3, 0.4) is 0 Å². The molecule has 4 nitrogen and oxygen atoms in total. The van der Waals surface area contributed by atoms with Crippen molar-refractivity contribution in [1.29, 1.82) is 0 Å². The topological polar surface area (TPSA) is 48.4 Å². The monoisotopic (exact) mass is 255 g/mol. The Morgan fingerprint density at radius 1 is 1.59 bits per heavy atom. The molecule has 0 aromatic carbocycles. The van der Waals surface area contributed by atoms with Crippen LogP contribution in [0.4, 0.5) is 0 Å². The molecular formula is C12H17NO3S. The molecule has 1 fully saturated rings. The fraction of sp³-hybridized carbons (Fsp3) is 0.667. The van der Waals surface area contributed by atoms with Gasteiger partial charge in [-0.25, -0.2) is 4.98 Å². The van der Waals surface area contributed by atoms with Crippen LogP contribution in [0.25, 0.3) is 0 Å². The van der Waals surface area contributed by atoms with Crippen molar-refractivity contribution < 1.29 is 14.3 Å². The predicted molar refractivity (Wildman–Crippen MR) is 65.4 cm³/mol. The van der Waals surface area contributed by atoms with Gasteiger partial charge in [-0.2, -0.15) is 0 Å². The van der Waals surface area contributed by atoms with Crippen molar-refractivity contribution in [2.75, 3.05) is 20.3 Å². The lowest BCUT2D eigenvalue weighted by molar-refractivity contribution is -0.166. The first-order chi connectivity index (χ1) is 8.14. The lowest BCUT2D eigenvalue weighted by atomic mass is 9.83. The van der Waals surface area contributed by atoms with E-state index in [1.54, 1.807) is 11.3 Å². The number of rotatable bonds is 4. The van der Waals surface area contributed by atoms with Gasteiger partial charge in [-0.15, -0.1) is 11.3 Å². The molecule has 1 saturated heterocycles. The molecular weight excluding hydrogens is 238 g/mol. The molecule has 2 rings (SSSR count). The number of methoxy groups -OCH3 is 1.